The molecule has 0 aliphatic carbocycles. The van der Waals surface area contributed by atoms with Gasteiger partial charge in [-0.15, -0.1) is 0 Å². The molecule has 1 atom stereocenters. The predicted molar refractivity (Wildman–Crippen MR) is 78.2 cm³/mol. The minimum absolute atomic E-state index is 0.437. The van der Waals surface area contributed by atoms with Crippen molar-refractivity contribution >= 4 is 11.8 Å². The molecule has 0 rings (SSSR count). The molecule has 16 heavy (non-hydrogen) atoms. The van der Waals surface area contributed by atoms with Gasteiger partial charge in [-0.1, -0.05) is 58.8 Å². The summed E-state index contributed by atoms with van der Waals surface area (Å²) in [6.45, 7) is 4.50. The summed E-state index contributed by atoms with van der Waals surface area (Å²) in [6.07, 6.45) is 12.2. The normalized spacial score (nSPS) is 12.9. The van der Waals surface area contributed by atoms with Crippen LogP contribution < -0.4 is 5.73 Å². The van der Waals surface area contributed by atoms with Gasteiger partial charge in [-0.25, -0.2) is 0 Å². The molecule has 0 saturated heterocycles. The quantitative estimate of drug-likeness (QED) is 0.509. The Morgan fingerprint density at radius 1 is 0.875 bits per heavy atom. The molecule has 0 spiro atoms. The second kappa shape index (κ2) is 13.4. The highest BCUT2D eigenvalue weighted by Crippen LogP contribution is 2.11. The van der Waals surface area contributed by atoms with Crippen molar-refractivity contribution in [1.29, 1.82) is 0 Å². The minimum Gasteiger partial charge on any atom is -0.327 e. The van der Waals surface area contributed by atoms with Crippen LogP contribution in [0.5, 0.6) is 0 Å². The van der Waals surface area contributed by atoms with Gasteiger partial charge in [0, 0.05) is 11.8 Å². The molecule has 2 heteroatoms. The Morgan fingerprint density at radius 2 is 1.50 bits per heavy atom. The van der Waals surface area contributed by atoms with Crippen molar-refractivity contribution < 1.29 is 0 Å². The lowest BCUT2D eigenvalue weighted by molar-refractivity contribution is 0.549. The monoisotopic (exact) mass is 245 g/mol. The van der Waals surface area contributed by atoms with Gasteiger partial charge in [0.25, 0.3) is 0 Å². The molecular formula is C14H31NS. The number of hydrogen-bond acceptors (Lipinski definition) is 2. The summed E-state index contributed by atoms with van der Waals surface area (Å²) in [5, 5.41) is 0. The third-order valence-corrected chi connectivity index (χ3v) is 4.22. The van der Waals surface area contributed by atoms with Crippen molar-refractivity contribution in [2.24, 2.45) is 5.73 Å². The lowest BCUT2D eigenvalue weighted by Gasteiger charge is -2.10. The molecule has 0 aromatic heterocycles. The maximum atomic E-state index is 6.06. The van der Waals surface area contributed by atoms with Crippen molar-refractivity contribution in [3.05, 3.63) is 0 Å². The Kier molecular flexibility index (Phi) is 13.6. The molecule has 0 radical (unpaired) electrons. The topological polar surface area (TPSA) is 26.0 Å². The third-order valence-electron chi connectivity index (χ3n) is 2.86. The number of nitrogens with two attached hydrogens (primary N) is 1. The zero-order valence-electron chi connectivity index (χ0n) is 11.3. The van der Waals surface area contributed by atoms with Crippen molar-refractivity contribution in [2.45, 2.75) is 77.7 Å². The van der Waals surface area contributed by atoms with Gasteiger partial charge in [0.1, 0.15) is 0 Å². The predicted octanol–water partition coefficient (Wildman–Crippen LogP) is 4.60. The molecule has 0 saturated carbocycles. The Morgan fingerprint density at radius 3 is 2.12 bits per heavy atom. The Hall–Kier alpha value is 0.310. The first-order valence-corrected chi connectivity index (χ1v) is 8.30. The first-order chi connectivity index (χ1) is 7.81. The van der Waals surface area contributed by atoms with Crippen molar-refractivity contribution in [2.75, 3.05) is 11.5 Å². The van der Waals surface area contributed by atoms with E-state index in [1.807, 2.05) is 11.8 Å². The van der Waals surface area contributed by atoms with Gasteiger partial charge in [0.05, 0.1) is 0 Å². The van der Waals surface area contributed by atoms with Crippen LogP contribution in [0.15, 0.2) is 0 Å². The highest BCUT2D eigenvalue weighted by atomic mass is 32.2. The van der Waals surface area contributed by atoms with Gasteiger partial charge in [-0.3, -0.25) is 0 Å². The number of unbranched alkanes of at least 4 members (excludes halogenated alkanes) is 6. The third kappa shape index (κ3) is 12.4. The molecule has 98 valence electrons. The van der Waals surface area contributed by atoms with Crippen LogP contribution in [0.2, 0.25) is 0 Å². The summed E-state index contributed by atoms with van der Waals surface area (Å²) < 4.78 is 0. The highest BCUT2D eigenvalue weighted by Gasteiger charge is 2.01. The Bertz CT molecular complexity index is 128. The second-order valence-electron chi connectivity index (χ2n) is 4.74. The van der Waals surface area contributed by atoms with Gasteiger partial charge in [0.15, 0.2) is 0 Å². The fraction of sp³-hybridized carbons (Fsp3) is 1.00. The van der Waals surface area contributed by atoms with Crippen LogP contribution in [0.25, 0.3) is 0 Å². The SMILES string of the molecule is CCCCCCCCCC(N)CSCCC. The zero-order chi connectivity index (χ0) is 12.1. The van der Waals surface area contributed by atoms with Gasteiger partial charge >= 0.3 is 0 Å². The first kappa shape index (κ1) is 16.3. The van der Waals surface area contributed by atoms with E-state index in [0.29, 0.717) is 6.04 Å². The molecule has 0 heterocycles. The van der Waals surface area contributed by atoms with Gasteiger partial charge in [-0.2, -0.15) is 11.8 Å². The van der Waals surface area contributed by atoms with E-state index in [-0.39, 0.29) is 0 Å². The molecule has 1 unspecified atom stereocenters. The fourth-order valence-corrected chi connectivity index (χ4v) is 2.75. The van der Waals surface area contributed by atoms with E-state index in [1.165, 1.54) is 63.5 Å². The second-order valence-corrected chi connectivity index (χ2v) is 5.89. The summed E-state index contributed by atoms with van der Waals surface area (Å²) in [5.41, 5.74) is 6.06. The first-order valence-electron chi connectivity index (χ1n) is 7.14. The average Bonchev–Trinajstić information content (AvgIpc) is 2.28. The maximum Gasteiger partial charge on any atom is 0.0130 e. The van der Waals surface area contributed by atoms with E-state index in [9.17, 15) is 0 Å². The summed E-state index contributed by atoms with van der Waals surface area (Å²) in [6, 6.07) is 0.437. The summed E-state index contributed by atoms with van der Waals surface area (Å²) in [4.78, 5) is 0. The van der Waals surface area contributed by atoms with Crippen LogP contribution in [-0.4, -0.2) is 17.5 Å². The average molecular weight is 245 g/mol. The van der Waals surface area contributed by atoms with E-state index in [1.54, 1.807) is 0 Å². The lowest BCUT2D eigenvalue weighted by Crippen LogP contribution is -2.22. The zero-order valence-corrected chi connectivity index (χ0v) is 12.2. The van der Waals surface area contributed by atoms with Gasteiger partial charge < -0.3 is 5.73 Å². The Balaban J connectivity index is 3.06. The molecule has 0 aliphatic rings. The molecule has 0 bridgehead atoms. The van der Waals surface area contributed by atoms with E-state index in [0.717, 1.165) is 5.75 Å². The van der Waals surface area contributed by atoms with Crippen LogP contribution in [0, 0.1) is 0 Å². The van der Waals surface area contributed by atoms with Crippen molar-refractivity contribution in [1.82, 2.24) is 0 Å². The smallest absolute Gasteiger partial charge is 0.0130 e. The largest absolute Gasteiger partial charge is 0.327 e. The van der Waals surface area contributed by atoms with Crippen LogP contribution in [-0.2, 0) is 0 Å². The molecular weight excluding hydrogens is 214 g/mol. The highest BCUT2D eigenvalue weighted by molar-refractivity contribution is 7.99. The Labute approximate surface area is 107 Å². The maximum absolute atomic E-state index is 6.06. The van der Waals surface area contributed by atoms with E-state index >= 15 is 0 Å². The standard InChI is InChI=1S/C14H31NS/c1-3-5-6-7-8-9-10-11-14(15)13-16-12-4-2/h14H,3-13,15H2,1-2H3. The molecule has 0 aliphatic heterocycles. The van der Waals surface area contributed by atoms with Crippen LogP contribution in [0.4, 0.5) is 0 Å². The van der Waals surface area contributed by atoms with Crippen LogP contribution >= 0.6 is 11.8 Å². The summed E-state index contributed by atoms with van der Waals surface area (Å²) in [5.74, 6) is 2.42. The molecule has 2 N–H and O–H groups in total. The molecule has 0 aromatic rings. The lowest BCUT2D eigenvalue weighted by atomic mass is 10.1. The summed E-state index contributed by atoms with van der Waals surface area (Å²) >= 11 is 2.01. The molecule has 1 nitrogen and oxygen atoms in total. The fourth-order valence-electron chi connectivity index (χ4n) is 1.83. The van der Waals surface area contributed by atoms with Gasteiger partial charge in [0.2, 0.25) is 0 Å². The molecule has 0 amide bonds. The van der Waals surface area contributed by atoms with Crippen LogP contribution in [0.3, 0.4) is 0 Å². The van der Waals surface area contributed by atoms with Crippen LogP contribution in [0.1, 0.15) is 71.6 Å². The van der Waals surface area contributed by atoms with Crippen molar-refractivity contribution in [3.8, 4) is 0 Å². The van der Waals surface area contributed by atoms with E-state index in [4.69, 9.17) is 5.73 Å². The summed E-state index contributed by atoms with van der Waals surface area (Å²) in [7, 11) is 0. The van der Waals surface area contributed by atoms with Crippen molar-refractivity contribution in [3.63, 3.8) is 0 Å². The van der Waals surface area contributed by atoms with E-state index in [2.05, 4.69) is 13.8 Å². The van der Waals surface area contributed by atoms with E-state index < -0.39 is 0 Å². The number of thioether (sulfide) groups is 1. The molecule has 0 fully saturated rings. The van der Waals surface area contributed by atoms with Gasteiger partial charge in [-0.05, 0) is 18.6 Å². The molecule has 0 aromatic carbocycles. The minimum atomic E-state index is 0.437. The number of rotatable bonds is 12. The number of hydrogen-bond donors (Lipinski definition) is 1.